The van der Waals surface area contributed by atoms with Crippen LogP contribution in [0.4, 0.5) is 0 Å². The minimum absolute atomic E-state index is 0.128. The first-order valence-corrected chi connectivity index (χ1v) is 11.2. The Labute approximate surface area is 165 Å². The van der Waals surface area contributed by atoms with Crippen LogP contribution < -0.4 is 0 Å². The molecular weight excluding hydrogens is 360 g/mol. The van der Waals surface area contributed by atoms with Crippen molar-refractivity contribution in [1.29, 1.82) is 5.26 Å². The fourth-order valence-corrected chi connectivity index (χ4v) is 6.40. The highest BCUT2D eigenvalue weighted by molar-refractivity contribution is 8.00. The van der Waals surface area contributed by atoms with Gasteiger partial charge in [-0.3, -0.25) is 9.59 Å². The van der Waals surface area contributed by atoms with Crippen molar-refractivity contribution in [2.24, 2.45) is 5.92 Å². The highest BCUT2D eigenvalue weighted by atomic mass is 32.2. The van der Waals surface area contributed by atoms with E-state index in [0.717, 1.165) is 63.1 Å². The van der Waals surface area contributed by atoms with Crippen LogP contribution in [0.15, 0.2) is 11.3 Å². The molecule has 146 valence electrons. The maximum Gasteiger partial charge on any atom is 0.266 e. The van der Waals surface area contributed by atoms with Crippen molar-refractivity contribution in [3.05, 3.63) is 11.3 Å². The predicted octanol–water partition coefficient (Wildman–Crippen LogP) is 1.83. The smallest absolute Gasteiger partial charge is 0.266 e. The molecule has 3 heterocycles. The van der Waals surface area contributed by atoms with Gasteiger partial charge in [-0.05, 0) is 31.4 Å². The number of nitriles is 1. The number of nitrogens with zero attached hydrogens (tertiary/aromatic N) is 4. The molecule has 0 aromatic heterocycles. The number of carbonyl (C=O) groups excluding carboxylic acids is 2. The van der Waals surface area contributed by atoms with Gasteiger partial charge < -0.3 is 14.7 Å². The van der Waals surface area contributed by atoms with Crippen LogP contribution in [0.5, 0.6) is 0 Å². The molecule has 0 bridgehead atoms. The maximum absolute atomic E-state index is 12.8. The molecule has 4 rings (SSSR count). The minimum atomic E-state index is -0.128. The summed E-state index contributed by atoms with van der Waals surface area (Å²) < 4.78 is 0. The third-order valence-corrected chi connectivity index (χ3v) is 7.98. The van der Waals surface area contributed by atoms with Gasteiger partial charge in [0.1, 0.15) is 11.6 Å². The molecule has 0 N–H and O–H groups in total. The van der Waals surface area contributed by atoms with Gasteiger partial charge in [0.05, 0.1) is 5.25 Å². The molecule has 2 amide bonds. The lowest BCUT2D eigenvalue weighted by atomic mass is 9.77. The molecule has 0 aromatic carbocycles. The Morgan fingerprint density at radius 3 is 2.52 bits per heavy atom. The van der Waals surface area contributed by atoms with E-state index in [1.54, 1.807) is 16.7 Å². The van der Waals surface area contributed by atoms with Crippen LogP contribution in [0, 0.1) is 17.2 Å². The summed E-state index contributed by atoms with van der Waals surface area (Å²) in [5.74, 6) is 1.51. The number of likely N-dealkylation sites (N-methyl/N-ethyl adjacent to an activating group) is 1. The van der Waals surface area contributed by atoms with Crippen LogP contribution in [0.3, 0.4) is 0 Å². The molecule has 1 aliphatic carbocycles. The highest BCUT2D eigenvalue weighted by Crippen LogP contribution is 2.40. The van der Waals surface area contributed by atoms with E-state index in [1.165, 1.54) is 0 Å². The van der Waals surface area contributed by atoms with E-state index in [-0.39, 0.29) is 29.0 Å². The van der Waals surface area contributed by atoms with E-state index in [0.29, 0.717) is 18.7 Å². The Balaban J connectivity index is 1.51. The summed E-state index contributed by atoms with van der Waals surface area (Å²) in [7, 11) is 1.84. The van der Waals surface area contributed by atoms with Crippen molar-refractivity contribution in [2.75, 3.05) is 39.0 Å². The molecule has 7 heteroatoms. The van der Waals surface area contributed by atoms with Crippen LogP contribution in [-0.4, -0.2) is 76.8 Å². The van der Waals surface area contributed by atoms with Crippen molar-refractivity contribution >= 4 is 23.6 Å². The summed E-state index contributed by atoms with van der Waals surface area (Å²) in [5, 5.41) is 9.84. The number of fused-ring (bicyclic) bond motifs is 1. The third-order valence-electron chi connectivity index (χ3n) is 6.62. The number of hydrogen-bond acceptors (Lipinski definition) is 5. The van der Waals surface area contributed by atoms with Gasteiger partial charge in [-0.1, -0.05) is 12.8 Å². The number of rotatable bonds is 2. The summed E-state index contributed by atoms with van der Waals surface area (Å²) in [6, 6.07) is 2.42. The lowest BCUT2D eigenvalue weighted by Gasteiger charge is -2.48. The Kier molecular flexibility index (Phi) is 5.36. The lowest BCUT2D eigenvalue weighted by molar-refractivity contribution is -0.133. The van der Waals surface area contributed by atoms with Crippen molar-refractivity contribution in [2.45, 2.75) is 49.8 Å². The molecule has 0 spiro atoms. The largest absolute Gasteiger partial charge is 0.370 e. The summed E-state index contributed by atoms with van der Waals surface area (Å²) >= 11 is 1.79. The maximum atomic E-state index is 12.8. The van der Waals surface area contributed by atoms with E-state index in [4.69, 9.17) is 0 Å². The number of hydrogen-bond donors (Lipinski definition) is 0. The normalized spacial score (nSPS) is 31.8. The van der Waals surface area contributed by atoms with Crippen LogP contribution >= 0.6 is 11.8 Å². The zero-order valence-electron chi connectivity index (χ0n) is 16.0. The molecule has 0 radical (unpaired) electrons. The SMILES string of the molecule is CN1C(=O)C(C#N)=C(N2CCN(C(=O)C3CCCS3)CC2)C2CCCCC21. The summed E-state index contributed by atoms with van der Waals surface area (Å²) in [4.78, 5) is 31.5. The second-order valence-corrected chi connectivity index (χ2v) is 9.37. The van der Waals surface area contributed by atoms with Crippen molar-refractivity contribution in [1.82, 2.24) is 14.7 Å². The number of piperazine rings is 1. The number of carbonyl (C=O) groups is 2. The zero-order valence-corrected chi connectivity index (χ0v) is 16.8. The fourth-order valence-electron chi connectivity index (χ4n) is 5.16. The van der Waals surface area contributed by atoms with E-state index in [9.17, 15) is 14.9 Å². The first-order chi connectivity index (χ1) is 13.1. The lowest BCUT2D eigenvalue weighted by Crippen LogP contribution is -2.56. The monoisotopic (exact) mass is 388 g/mol. The standard InChI is InChI=1S/C20H28N4O2S/c1-22-16-6-3-2-5-14(16)18(15(13-21)19(22)25)23-8-10-24(11-9-23)20(26)17-7-4-12-27-17/h14,16-17H,2-12H2,1H3. The van der Waals surface area contributed by atoms with Crippen LogP contribution in [0.2, 0.25) is 0 Å². The van der Waals surface area contributed by atoms with Gasteiger partial charge >= 0.3 is 0 Å². The molecule has 6 nitrogen and oxygen atoms in total. The molecule has 3 atom stereocenters. The zero-order chi connectivity index (χ0) is 19.0. The Hall–Kier alpha value is -1.68. The second-order valence-electron chi connectivity index (χ2n) is 8.06. The first kappa shape index (κ1) is 18.7. The molecular formula is C20H28N4O2S. The minimum Gasteiger partial charge on any atom is -0.370 e. The Bertz CT molecular complexity index is 687. The molecule has 3 fully saturated rings. The average molecular weight is 389 g/mol. The molecule has 0 aromatic rings. The van der Waals surface area contributed by atoms with E-state index < -0.39 is 0 Å². The molecule has 3 unspecified atom stereocenters. The summed E-state index contributed by atoms with van der Waals surface area (Å²) in [6.45, 7) is 2.84. The molecule has 3 aliphatic heterocycles. The van der Waals surface area contributed by atoms with E-state index in [2.05, 4.69) is 11.0 Å². The van der Waals surface area contributed by atoms with Gasteiger partial charge in [-0.2, -0.15) is 5.26 Å². The van der Waals surface area contributed by atoms with Gasteiger partial charge in [-0.15, -0.1) is 11.8 Å². The Morgan fingerprint density at radius 1 is 1.11 bits per heavy atom. The fraction of sp³-hybridized carbons (Fsp3) is 0.750. The average Bonchev–Trinajstić information content (AvgIpc) is 3.25. The summed E-state index contributed by atoms with van der Waals surface area (Å²) in [6.07, 6.45) is 6.50. The first-order valence-electron chi connectivity index (χ1n) is 10.2. The quantitative estimate of drug-likeness (QED) is 0.722. The molecule has 1 saturated carbocycles. The number of thioether (sulfide) groups is 1. The van der Waals surface area contributed by atoms with Crippen molar-refractivity contribution in [3.8, 4) is 6.07 Å². The van der Waals surface area contributed by atoms with Gasteiger partial charge in [0.15, 0.2) is 0 Å². The van der Waals surface area contributed by atoms with Crippen molar-refractivity contribution in [3.63, 3.8) is 0 Å². The van der Waals surface area contributed by atoms with Crippen LogP contribution in [0.1, 0.15) is 38.5 Å². The summed E-state index contributed by atoms with van der Waals surface area (Å²) in [5.41, 5.74) is 1.29. The topological polar surface area (TPSA) is 67.7 Å². The van der Waals surface area contributed by atoms with Crippen molar-refractivity contribution < 1.29 is 9.59 Å². The second kappa shape index (κ2) is 7.75. The van der Waals surface area contributed by atoms with E-state index >= 15 is 0 Å². The highest BCUT2D eigenvalue weighted by Gasteiger charge is 2.43. The van der Waals surface area contributed by atoms with Gasteiger partial charge in [0.2, 0.25) is 5.91 Å². The van der Waals surface area contributed by atoms with E-state index in [1.807, 2.05) is 11.9 Å². The van der Waals surface area contributed by atoms with Gasteiger partial charge in [0.25, 0.3) is 5.91 Å². The number of amides is 2. The van der Waals surface area contributed by atoms with Crippen LogP contribution in [-0.2, 0) is 9.59 Å². The van der Waals surface area contributed by atoms with Crippen LogP contribution in [0.25, 0.3) is 0 Å². The van der Waals surface area contributed by atoms with Gasteiger partial charge in [0, 0.05) is 50.9 Å². The Morgan fingerprint density at radius 2 is 1.85 bits per heavy atom. The predicted molar refractivity (Wildman–Crippen MR) is 105 cm³/mol. The molecule has 4 aliphatic rings. The third kappa shape index (κ3) is 3.33. The molecule has 2 saturated heterocycles. The molecule has 27 heavy (non-hydrogen) atoms. The van der Waals surface area contributed by atoms with Gasteiger partial charge in [-0.25, -0.2) is 0 Å².